The Bertz CT molecular complexity index is 1210. The number of hydrogen-bond donors (Lipinski definition) is 2. The van der Waals surface area contributed by atoms with Crippen LogP contribution >= 0.6 is 0 Å². The second-order valence-corrected chi connectivity index (χ2v) is 8.70. The van der Waals surface area contributed by atoms with E-state index in [-0.39, 0.29) is 17.8 Å². The van der Waals surface area contributed by atoms with E-state index in [1.807, 2.05) is 31.2 Å². The number of ether oxygens (including phenoxy) is 1. The number of aliphatic imine (C=N–C) groups is 1. The van der Waals surface area contributed by atoms with E-state index in [9.17, 15) is 9.59 Å². The number of fused-ring (bicyclic) bond motifs is 1. The van der Waals surface area contributed by atoms with Crippen molar-refractivity contribution >= 4 is 23.4 Å². The lowest BCUT2D eigenvalue weighted by Crippen LogP contribution is -2.19. The van der Waals surface area contributed by atoms with Crippen molar-refractivity contribution in [2.75, 3.05) is 11.9 Å². The lowest BCUT2D eigenvalue weighted by atomic mass is 9.82. The number of nitrogens with two attached hydrogens (primary N) is 1. The lowest BCUT2D eigenvalue weighted by Gasteiger charge is -2.24. The second-order valence-electron chi connectivity index (χ2n) is 8.70. The van der Waals surface area contributed by atoms with Crippen LogP contribution in [0.1, 0.15) is 52.4 Å². The second kappa shape index (κ2) is 11.4. The summed E-state index contributed by atoms with van der Waals surface area (Å²) in [6.45, 7) is 2.67. The summed E-state index contributed by atoms with van der Waals surface area (Å²) in [5.41, 5.74) is 11.6. The van der Waals surface area contributed by atoms with Crippen LogP contribution in [0, 0.1) is 5.92 Å². The van der Waals surface area contributed by atoms with Crippen molar-refractivity contribution in [2.24, 2.45) is 16.6 Å². The predicted octanol–water partition coefficient (Wildman–Crippen LogP) is 4.30. The molecule has 1 aromatic heterocycles. The van der Waals surface area contributed by atoms with E-state index in [0.717, 1.165) is 36.1 Å². The average Bonchev–Trinajstić information content (AvgIpc) is 2.88. The van der Waals surface area contributed by atoms with Gasteiger partial charge in [0.2, 0.25) is 0 Å². The Kier molecular flexibility index (Phi) is 7.88. The molecule has 0 bridgehead atoms. The van der Waals surface area contributed by atoms with Crippen molar-refractivity contribution in [1.29, 1.82) is 0 Å². The molecule has 1 unspecified atom stereocenters. The summed E-state index contributed by atoms with van der Waals surface area (Å²) in [5.74, 6) is 0.344. The average molecular weight is 471 g/mol. The molecule has 1 amide bonds. The van der Waals surface area contributed by atoms with Crippen LogP contribution in [-0.4, -0.2) is 29.3 Å². The highest BCUT2D eigenvalue weighted by molar-refractivity contribution is 6.05. The van der Waals surface area contributed by atoms with Gasteiger partial charge in [-0.2, -0.15) is 0 Å². The van der Waals surface area contributed by atoms with Crippen molar-refractivity contribution in [1.82, 2.24) is 4.98 Å². The van der Waals surface area contributed by atoms with Gasteiger partial charge in [-0.3, -0.25) is 19.6 Å². The van der Waals surface area contributed by atoms with E-state index in [1.165, 1.54) is 11.1 Å². The number of aryl methyl sites for hydroxylation is 1. The molecule has 1 atom stereocenters. The predicted molar refractivity (Wildman–Crippen MR) is 136 cm³/mol. The molecule has 0 aliphatic heterocycles. The van der Waals surface area contributed by atoms with Gasteiger partial charge in [0.15, 0.2) is 0 Å². The van der Waals surface area contributed by atoms with Gasteiger partial charge in [0.05, 0.1) is 13.2 Å². The number of rotatable bonds is 8. The summed E-state index contributed by atoms with van der Waals surface area (Å²) in [5, 5.41) is 2.98. The maximum Gasteiger partial charge on any atom is 0.306 e. The molecule has 3 aromatic rings. The van der Waals surface area contributed by atoms with E-state index >= 15 is 0 Å². The zero-order chi connectivity index (χ0) is 24.6. The largest absolute Gasteiger partial charge is 0.466 e. The molecule has 0 saturated carbocycles. The number of amides is 1. The van der Waals surface area contributed by atoms with Crippen LogP contribution < -0.4 is 11.1 Å². The van der Waals surface area contributed by atoms with Crippen LogP contribution in [0.4, 0.5) is 5.69 Å². The van der Waals surface area contributed by atoms with Gasteiger partial charge >= 0.3 is 5.97 Å². The third-order valence-corrected chi connectivity index (χ3v) is 6.15. The molecule has 0 radical (unpaired) electrons. The monoisotopic (exact) mass is 470 g/mol. The number of nitrogens with zero attached hydrogens (tertiary/aromatic N) is 2. The standard InChI is InChI=1S/C28H30N4O3/c1-2-35-26(33)15-19-5-6-21-11-12-25(16-24(21)14-19)32-28(34)23-9-7-22(8-10-23)27(29)31-18-20-4-3-13-30-17-20/h3-4,7-13,16-17,19H,2,5-6,14-15,18H2,1H3,(H2,29,31)(H,32,34). The molecule has 0 spiro atoms. The van der Waals surface area contributed by atoms with E-state index in [2.05, 4.69) is 21.4 Å². The zero-order valence-corrected chi connectivity index (χ0v) is 19.9. The molecular formula is C28H30N4O3. The fourth-order valence-corrected chi connectivity index (χ4v) is 4.30. The van der Waals surface area contributed by atoms with Gasteiger partial charge in [-0.25, -0.2) is 0 Å². The third kappa shape index (κ3) is 6.53. The van der Waals surface area contributed by atoms with Gasteiger partial charge in [-0.15, -0.1) is 0 Å². The van der Waals surface area contributed by atoms with Gasteiger partial charge in [0.1, 0.15) is 5.84 Å². The van der Waals surface area contributed by atoms with Crippen molar-refractivity contribution in [3.05, 3.63) is 94.8 Å². The van der Waals surface area contributed by atoms with Crippen molar-refractivity contribution in [3.8, 4) is 0 Å². The normalized spacial score (nSPS) is 15.2. The van der Waals surface area contributed by atoms with E-state index in [4.69, 9.17) is 10.5 Å². The Morgan fingerprint density at radius 3 is 2.66 bits per heavy atom. The molecule has 7 nitrogen and oxygen atoms in total. The maximum absolute atomic E-state index is 12.8. The molecule has 1 aliphatic rings. The van der Waals surface area contributed by atoms with Crippen LogP contribution in [-0.2, 0) is 28.9 Å². The SMILES string of the molecule is CCOC(=O)CC1CCc2ccc(NC(=O)c3ccc(C(N)=NCc4cccnc4)cc3)cc2C1. The maximum atomic E-state index is 12.8. The third-order valence-electron chi connectivity index (χ3n) is 6.15. The molecule has 180 valence electrons. The van der Waals surface area contributed by atoms with Crippen molar-refractivity contribution in [2.45, 2.75) is 39.2 Å². The molecular weight excluding hydrogens is 440 g/mol. The van der Waals surface area contributed by atoms with E-state index in [1.54, 1.807) is 36.7 Å². The van der Waals surface area contributed by atoms with Gasteiger partial charge < -0.3 is 15.8 Å². The number of hydrogen-bond acceptors (Lipinski definition) is 5. The first-order valence-corrected chi connectivity index (χ1v) is 11.9. The van der Waals surface area contributed by atoms with Crippen molar-refractivity contribution in [3.63, 3.8) is 0 Å². The number of anilines is 1. The van der Waals surface area contributed by atoms with Crippen LogP contribution in [0.2, 0.25) is 0 Å². The first kappa shape index (κ1) is 24.1. The molecule has 3 N–H and O–H groups in total. The topological polar surface area (TPSA) is 107 Å². The Morgan fingerprint density at radius 1 is 1.11 bits per heavy atom. The van der Waals surface area contributed by atoms with Crippen LogP contribution in [0.15, 0.2) is 72.0 Å². The number of benzene rings is 2. The summed E-state index contributed by atoms with van der Waals surface area (Å²) in [6, 6.07) is 16.9. The van der Waals surface area contributed by atoms with Crippen molar-refractivity contribution < 1.29 is 14.3 Å². The fourth-order valence-electron chi connectivity index (χ4n) is 4.30. The Hall–Kier alpha value is -4.00. The van der Waals surface area contributed by atoms with Gasteiger partial charge in [-0.05, 0) is 79.1 Å². The lowest BCUT2D eigenvalue weighted by molar-refractivity contribution is -0.144. The number of nitrogens with one attached hydrogen (secondary N) is 1. The Balaban J connectivity index is 1.37. The Labute approximate surface area is 205 Å². The molecule has 4 rings (SSSR count). The zero-order valence-electron chi connectivity index (χ0n) is 19.9. The molecule has 0 saturated heterocycles. The molecule has 1 aliphatic carbocycles. The summed E-state index contributed by atoms with van der Waals surface area (Å²) >= 11 is 0. The van der Waals surface area contributed by atoms with Gasteiger partial charge in [0.25, 0.3) is 5.91 Å². The number of amidine groups is 1. The molecule has 1 heterocycles. The first-order chi connectivity index (χ1) is 17.0. The quantitative estimate of drug-likeness (QED) is 0.290. The summed E-state index contributed by atoms with van der Waals surface area (Å²) in [4.78, 5) is 33.2. The molecule has 7 heteroatoms. The number of esters is 1. The number of carbonyl (C=O) groups excluding carboxylic acids is 2. The highest BCUT2D eigenvalue weighted by atomic mass is 16.5. The molecule has 35 heavy (non-hydrogen) atoms. The van der Waals surface area contributed by atoms with Crippen LogP contribution in [0.5, 0.6) is 0 Å². The fraction of sp³-hybridized carbons (Fsp3) is 0.286. The summed E-state index contributed by atoms with van der Waals surface area (Å²) < 4.78 is 5.10. The first-order valence-electron chi connectivity index (χ1n) is 11.9. The smallest absolute Gasteiger partial charge is 0.306 e. The minimum Gasteiger partial charge on any atom is -0.466 e. The van der Waals surface area contributed by atoms with Crippen LogP contribution in [0.3, 0.4) is 0 Å². The number of aromatic nitrogens is 1. The summed E-state index contributed by atoms with van der Waals surface area (Å²) in [6.07, 6.45) is 6.62. The number of pyridine rings is 1. The van der Waals surface area contributed by atoms with E-state index < -0.39 is 0 Å². The van der Waals surface area contributed by atoms with E-state index in [0.29, 0.717) is 31.0 Å². The molecule has 2 aromatic carbocycles. The highest BCUT2D eigenvalue weighted by Crippen LogP contribution is 2.30. The number of carbonyl (C=O) groups is 2. The Morgan fingerprint density at radius 2 is 1.91 bits per heavy atom. The highest BCUT2D eigenvalue weighted by Gasteiger charge is 2.22. The van der Waals surface area contributed by atoms with Gasteiger partial charge in [-0.1, -0.05) is 24.3 Å². The molecule has 0 fully saturated rings. The van der Waals surface area contributed by atoms with Crippen LogP contribution in [0.25, 0.3) is 0 Å². The minimum absolute atomic E-state index is 0.142. The van der Waals surface area contributed by atoms with Gasteiger partial charge in [0, 0.05) is 35.6 Å². The summed E-state index contributed by atoms with van der Waals surface area (Å²) in [7, 11) is 0. The minimum atomic E-state index is -0.193.